The molecule has 0 bridgehead atoms. The van der Waals surface area contributed by atoms with E-state index in [4.69, 9.17) is 0 Å². The Balaban J connectivity index is 2.01. The molecule has 3 aromatic carbocycles. The summed E-state index contributed by atoms with van der Waals surface area (Å²) in [7, 11) is -2.96. The summed E-state index contributed by atoms with van der Waals surface area (Å²) in [5, 5.41) is 36.8. The van der Waals surface area contributed by atoms with Crippen LogP contribution in [0.2, 0.25) is 0 Å². The maximum Gasteiger partial charge on any atom is 0.488 e. The maximum absolute atomic E-state index is 9.20. The fourth-order valence-electron chi connectivity index (χ4n) is 2.66. The van der Waals surface area contributed by atoms with E-state index in [1.54, 1.807) is 24.3 Å². The van der Waals surface area contributed by atoms with E-state index in [0.29, 0.717) is 10.9 Å². The fourth-order valence-corrected chi connectivity index (χ4v) is 2.66. The van der Waals surface area contributed by atoms with Crippen LogP contribution in [0, 0.1) is 0 Å². The molecule has 3 aromatic rings. The third-order valence-electron chi connectivity index (χ3n) is 3.97. The van der Waals surface area contributed by atoms with Crippen molar-refractivity contribution in [2.75, 3.05) is 0 Å². The van der Waals surface area contributed by atoms with E-state index in [0.717, 1.165) is 22.3 Å². The van der Waals surface area contributed by atoms with Crippen molar-refractivity contribution in [1.82, 2.24) is 0 Å². The minimum atomic E-state index is -1.48. The quantitative estimate of drug-likeness (QED) is 0.524. The average molecular weight is 318 g/mol. The third kappa shape index (κ3) is 3.42. The molecule has 4 N–H and O–H groups in total. The molecule has 0 spiro atoms. The lowest BCUT2D eigenvalue weighted by Crippen LogP contribution is -2.29. The van der Waals surface area contributed by atoms with Crippen molar-refractivity contribution >= 4 is 25.2 Å². The highest BCUT2D eigenvalue weighted by Crippen LogP contribution is 2.31. The average Bonchev–Trinajstić information content (AvgIpc) is 2.62. The first-order chi connectivity index (χ1) is 11.6. The highest BCUT2D eigenvalue weighted by Gasteiger charge is 2.13. The Morgan fingerprint density at radius 1 is 0.458 bits per heavy atom. The van der Waals surface area contributed by atoms with Gasteiger partial charge in [0.05, 0.1) is 0 Å². The molecule has 4 nitrogen and oxygen atoms in total. The van der Waals surface area contributed by atoms with Crippen LogP contribution in [-0.2, 0) is 0 Å². The zero-order chi connectivity index (χ0) is 17.1. The van der Waals surface area contributed by atoms with E-state index < -0.39 is 14.2 Å². The highest BCUT2D eigenvalue weighted by atomic mass is 16.4. The Bertz CT molecular complexity index is 745. The van der Waals surface area contributed by atoms with Crippen molar-refractivity contribution in [1.29, 1.82) is 0 Å². The molecule has 0 saturated carbocycles. The van der Waals surface area contributed by atoms with Crippen LogP contribution in [0.4, 0.5) is 0 Å². The number of benzene rings is 3. The molecular formula is C18H16B2O4. The maximum atomic E-state index is 9.20. The Morgan fingerprint density at radius 3 is 1.08 bits per heavy atom. The molecule has 0 aliphatic heterocycles. The predicted octanol–water partition coefficient (Wildman–Crippen LogP) is 0.380. The normalized spacial score (nSPS) is 10.5. The van der Waals surface area contributed by atoms with Crippen LogP contribution >= 0.6 is 0 Å². The summed E-state index contributed by atoms with van der Waals surface area (Å²) in [6.45, 7) is 0. The van der Waals surface area contributed by atoms with Crippen molar-refractivity contribution < 1.29 is 20.1 Å². The standard InChI is InChI=1S/C18H16B2O4/c21-19(22)15-9-5-13(6-10-15)17-3-1-2-4-18(17)14-7-11-16(12-8-14)20(23)24/h1-12,21-24H. The molecule has 6 heteroatoms. The largest absolute Gasteiger partial charge is 0.488 e. The predicted molar refractivity (Wildman–Crippen MR) is 97.0 cm³/mol. The Kier molecular flexibility index (Phi) is 4.83. The molecule has 0 heterocycles. The van der Waals surface area contributed by atoms with Crippen molar-refractivity contribution in [3.8, 4) is 22.3 Å². The lowest BCUT2D eigenvalue weighted by Gasteiger charge is -2.11. The second-order valence-corrected chi connectivity index (χ2v) is 5.54. The van der Waals surface area contributed by atoms with Gasteiger partial charge in [0.15, 0.2) is 0 Å². The van der Waals surface area contributed by atoms with Crippen LogP contribution in [0.3, 0.4) is 0 Å². The minimum absolute atomic E-state index is 0.442. The van der Waals surface area contributed by atoms with Crippen molar-refractivity contribution in [2.45, 2.75) is 0 Å². The van der Waals surface area contributed by atoms with Gasteiger partial charge < -0.3 is 20.1 Å². The SMILES string of the molecule is OB(O)c1ccc(-c2ccccc2-c2ccc(B(O)O)cc2)cc1. The van der Waals surface area contributed by atoms with Gasteiger partial charge in [-0.3, -0.25) is 0 Å². The molecule has 0 fully saturated rings. The van der Waals surface area contributed by atoms with Gasteiger partial charge in [0.25, 0.3) is 0 Å². The molecule has 0 aliphatic carbocycles. The first-order valence-corrected chi connectivity index (χ1v) is 7.58. The summed E-state index contributed by atoms with van der Waals surface area (Å²) >= 11 is 0. The van der Waals surface area contributed by atoms with Gasteiger partial charge in [-0.15, -0.1) is 0 Å². The molecule has 3 rings (SSSR count). The molecule has 0 atom stereocenters. The monoisotopic (exact) mass is 318 g/mol. The molecule has 0 aliphatic rings. The van der Waals surface area contributed by atoms with Gasteiger partial charge in [0.1, 0.15) is 0 Å². The molecule has 0 aromatic heterocycles. The van der Waals surface area contributed by atoms with Crippen LogP contribution in [0.15, 0.2) is 72.8 Å². The lowest BCUT2D eigenvalue weighted by atomic mass is 9.79. The first-order valence-electron chi connectivity index (χ1n) is 7.58. The van der Waals surface area contributed by atoms with E-state index in [-0.39, 0.29) is 0 Å². The smallest absolute Gasteiger partial charge is 0.423 e. The topological polar surface area (TPSA) is 80.9 Å². The van der Waals surface area contributed by atoms with Gasteiger partial charge in [-0.25, -0.2) is 0 Å². The second-order valence-electron chi connectivity index (χ2n) is 5.54. The molecule has 24 heavy (non-hydrogen) atoms. The van der Waals surface area contributed by atoms with Crippen LogP contribution in [0.25, 0.3) is 22.3 Å². The summed E-state index contributed by atoms with van der Waals surface area (Å²) in [4.78, 5) is 0. The van der Waals surface area contributed by atoms with Crippen molar-refractivity contribution in [3.63, 3.8) is 0 Å². The molecule has 0 amide bonds. The van der Waals surface area contributed by atoms with Gasteiger partial charge >= 0.3 is 14.2 Å². The van der Waals surface area contributed by atoms with Crippen LogP contribution in [-0.4, -0.2) is 34.3 Å². The van der Waals surface area contributed by atoms with Gasteiger partial charge in [0.2, 0.25) is 0 Å². The van der Waals surface area contributed by atoms with Crippen LogP contribution in [0.5, 0.6) is 0 Å². The number of hydrogen-bond acceptors (Lipinski definition) is 4. The Labute approximate surface area is 141 Å². The van der Waals surface area contributed by atoms with E-state index in [1.165, 1.54) is 0 Å². The Morgan fingerprint density at radius 2 is 0.792 bits per heavy atom. The zero-order valence-electron chi connectivity index (χ0n) is 12.9. The van der Waals surface area contributed by atoms with Crippen molar-refractivity contribution in [3.05, 3.63) is 72.8 Å². The summed E-state index contributed by atoms with van der Waals surface area (Å²) in [6, 6.07) is 22.0. The van der Waals surface area contributed by atoms with E-state index in [1.807, 2.05) is 48.5 Å². The zero-order valence-corrected chi connectivity index (χ0v) is 12.9. The molecular weight excluding hydrogens is 302 g/mol. The third-order valence-corrected chi connectivity index (χ3v) is 3.97. The van der Waals surface area contributed by atoms with E-state index >= 15 is 0 Å². The second kappa shape index (κ2) is 7.03. The molecule has 0 radical (unpaired) electrons. The molecule has 0 saturated heterocycles. The van der Waals surface area contributed by atoms with Gasteiger partial charge in [-0.2, -0.15) is 0 Å². The Hall–Kier alpha value is -2.37. The van der Waals surface area contributed by atoms with E-state index in [2.05, 4.69) is 0 Å². The molecule has 0 unspecified atom stereocenters. The summed E-state index contributed by atoms with van der Waals surface area (Å²) in [5.41, 5.74) is 4.82. The van der Waals surface area contributed by atoms with Gasteiger partial charge in [0, 0.05) is 0 Å². The van der Waals surface area contributed by atoms with Gasteiger partial charge in [-0.1, -0.05) is 72.8 Å². The first kappa shape index (κ1) is 16.5. The fraction of sp³-hybridized carbons (Fsp3) is 0. The minimum Gasteiger partial charge on any atom is -0.423 e. The number of rotatable bonds is 4. The van der Waals surface area contributed by atoms with E-state index in [9.17, 15) is 20.1 Å². The van der Waals surface area contributed by atoms with Crippen molar-refractivity contribution in [2.24, 2.45) is 0 Å². The summed E-state index contributed by atoms with van der Waals surface area (Å²) in [6.07, 6.45) is 0. The summed E-state index contributed by atoms with van der Waals surface area (Å²) < 4.78 is 0. The van der Waals surface area contributed by atoms with Gasteiger partial charge in [-0.05, 0) is 33.2 Å². The summed E-state index contributed by atoms with van der Waals surface area (Å²) in [5.74, 6) is 0. The van der Waals surface area contributed by atoms with Crippen LogP contribution in [0.1, 0.15) is 0 Å². The van der Waals surface area contributed by atoms with Crippen LogP contribution < -0.4 is 10.9 Å². The molecule has 118 valence electrons. The lowest BCUT2D eigenvalue weighted by molar-refractivity contribution is 0.424. The number of hydrogen-bond donors (Lipinski definition) is 4. The highest BCUT2D eigenvalue weighted by molar-refractivity contribution is 6.59.